The molecule has 1 aromatic heterocycles. The minimum Gasteiger partial charge on any atom is -0.497 e. The zero-order valence-corrected chi connectivity index (χ0v) is 22.4. The number of piperazine rings is 1. The lowest BCUT2D eigenvalue weighted by Gasteiger charge is -2.43. The molecule has 0 spiro atoms. The van der Waals surface area contributed by atoms with Crippen molar-refractivity contribution in [2.45, 2.75) is 32.9 Å². The lowest BCUT2D eigenvalue weighted by Crippen LogP contribution is -2.49. The molecule has 1 N–H and O–H groups in total. The Kier molecular flexibility index (Phi) is 7.73. The molecule has 4 aromatic rings. The summed E-state index contributed by atoms with van der Waals surface area (Å²) in [5.41, 5.74) is 6.04. The molecule has 2 heterocycles. The molecule has 0 saturated carbocycles. The first kappa shape index (κ1) is 25.2. The molecule has 1 saturated heterocycles. The van der Waals surface area contributed by atoms with Crippen LogP contribution in [0.5, 0.6) is 5.75 Å². The van der Waals surface area contributed by atoms with E-state index >= 15 is 0 Å². The van der Waals surface area contributed by atoms with Crippen molar-refractivity contribution in [3.63, 3.8) is 0 Å². The number of ether oxygens (including phenoxy) is 1. The van der Waals surface area contributed by atoms with Crippen LogP contribution in [0.15, 0.2) is 84.9 Å². The van der Waals surface area contributed by atoms with E-state index in [1.807, 2.05) is 19.1 Å². The maximum absolute atomic E-state index is 5.50. The van der Waals surface area contributed by atoms with Gasteiger partial charge in [-0.1, -0.05) is 86.6 Å². The van der Waals surface area contributed by atoms with Gasteiger partial charge in [0.05, 0.1) is 30.6 Å². The van der Waals surface area contributed by atoms with Crippen LogP contribution in [0, 0.1) is 12.8 Å². The Morgan fingerprint density at radius 1 is 0.784 bits per heavy atom. The van der Waals surface area contributed by atoms with Crippen molar-refractivity contribution in [3.8, 4) is 17.0 Å². The Hall–Kier alpha value is -3.41. The fourth-order valence-corrected chi connectivity index (χ4v) is 5.81. The number of aromatic nitrogens is 2. The van der Waals surface area contributed by atoms with Gasteiger partial charge in [-0.05, 0) is 36.1 Å². The fraction of sp³-hybridized carbons (Fsp3) is 0.344. The van der Waals surface area contributed by atoms with E-state index in [-0.39, 0.29) is 12.1 Å². The van der Waals surface area contributed by atoms with Crippen LogP contribution in [0.2, 0.25) is 0 Å². The van der Waals surface area contributed by atoms with Crippen LogP contribution in [-0.2, 0) is 0 Å². The molecule has 0 amide bonds. The number of nitrogens with one attached hydrogen (secondary N) is 1. The summed E-state index contributed by atoms with van der Waals surface area (Å²) in [7, 11) is 1.71. The molecule has 5 nitrogen and oxygen atoms in total. The minimum absolute atomic E-state index is 0.261. The van der Waals surface area contributed by atoms with E-state index in [0.29, 0.717) is 5.92 Å². The molecule has 1 fully saturated rings. The molecule has 0 bridgehead atoms. The van der Waals surface area contributed by atoms with Crippen molar-refractivity contribution in [3.05, 3.63) is 108 Å². The molecule has 1 aliphatic rings. The van der Waals surface area contributed by atoms with Gasteiger partial charge in [-0.3, -0.25) is 9.80 Å². The third kappa shape index (κ3) is 5.48. The zero-order valence-electron chi connectivity index (χ0n) is 22.4. The average molecular weight is 495 g/mol. The van der Waals surface area contributed by atoms with E-state index in [2.05, 4.69) is 101 Å². The predicted octanol–water partition coefficient (Wildman–Crippen LogP) is 6.50. The molecule has 0 aliphatic carbocycles. The van der Waals surface area contributed by atoms with Crippen LogP contribution >= 0.6 is 0 Å². The third-order valence-electron chi connectivity index (χ3n) is 7.46. The van der Waals surface area contributed by atoms with E-state index in [0.717, 1.165) is 49.0 Å². The SMILES string of the molecule is COc1cccc(-c2nc(C)[nH]c2C(C(C)C)N2CCN(C(c3ccccc3)c3ccccc3)CC2)c1. The number of benzene rings is 3. The number of hydrogen-bond acceptors (Lipinski definition) is 4. The summed E-state index contributed by atoms with van der Waals surface area (Å²) >= 11 is 0. The van der Waals surface area contributed by atoms with Gasteiger partial charge in [-0.25, -0.2) is 4.98 Å². The molecule has 1 atom stereocenters. The maximum atomic E-state index is 5.50. The number of rotatable bonds is 8. The van der Waals surface area contributed by atoms with Crippen LogP contribution in [0.25, 0.3) is 11.3 Å². The summed E-state index contributed by atoms with van der Waals surface area (Å²) in [6.07, 6.45) is 0. The van der Waals surface area contributed by atoms with Crippen molar-refractivity contribution in [1.29, 1.82) is 0 Å². The van der Waals surface area contributed by atoms with E-state index in [1.54, 1.807) is 7.11 Å². The topological polar surface area (TPSA) is 44.4 Å². The van der Waals surface area contributed by atoms with Gasteiger partial charge in [0.2, 0.25) is 0 Å². The van der Waals surface area contributed by atoms with Crippen LogP contribution in [0.4, 0.5) is 0 Å². The Morgan fingerprint density at radius 2 is 1.38 bits per heavy atom. The van der Waals surface area contributed by atoms with Crippen molar-refractivity contribution < 1.29 is 4.74 Å². The Morgan fingerprint density at radius 3 is 1.95 bits per heavy atom. The molecule has 0 radical (unpaired) electrons. The van der Waals surface area contributed by atoms with Gasteiger partial charge in [0.15, 0.2) is 0 Å². The van der Waals surface area contributed by atoms with E-state index in [9.17, 15) is 0 Å². The van der Waals surface area contributed by atoms with Crippen LogP contribution in [-0.4, -0.2) is 53.1 Å². The predicted molar refractivity (Wildman–Crippen MR) is 151 cm³/mol. The molecule has 1 unspecified atom stereocenters. The number of aromatic amines is 1. The highest BCUT2D eigenvalue weighted by Gasteiger charge is 2.33. The number of hydrogen-bond donors (Lipinski definition) is 1. The molecule has 3 aromatic carbocycles. The van der Waals surface area contributed by atoms with Crippen LogP contribution < -0.4 is 4.74 Å². The number of imidazole rings is 1. The van der Waals surface area contributed by atoms with Gasteiger partial charge in [0.25, 0.3) is 0 Å². The van der Waals surface area contributed by atoms with Gasteiger partial charge in [-0.15, -0.1) is 0 Å². The molecular formula is C32H38N4O. The van der Waals surface area contributed by atoms with Crippen molar-refractivity contribution in [1.82, 2.24) is 19.8 Å². The highest BCUT2D eigenvalue weighted by atomic mass is 16.5. The number of H-pyrrole nitrogens is 1. The van der Waals surface area contributed by atoms with Crippen molar-refractivity contribution in [2.24, 2.45) is 5.92 Å². The first-order valence-corrected chi connectivity index (χ1v) is 13.3. The number of nitrogens with zero attached hydrogens (tertiary/aromatic N) is 3. The van der Waals surface area contributed by atoms with Gasteiger partial charge in [-0.2, -0.15) is 0 Å². The van der Waals surface area contributed by atoms with E-state index in [4.69, 9.17) is 9.72 Å². The Labute approximate surface area is 221 Å². The lowest BCUT2D eigenvalue weighted by molar-refractivity contribution is 0.0603. The molecule has 192 valence electrons. The summed E-state index contributed by atoms with van der Waals surface area (Å²) in [6.45, 7) is 10.7. The van der Waals surface area contributed by atoms with E-state index < -0.39 is 0 Å². The van der Waals surface area contributed by atoms with Gasteiger partial charge in [0.1, 0.15) is 11.6 Å². The Balaban J connectivity index is 1.41. The second-order valence-electron chi connectivity index (χ2n) is 10.3. The first-order chi connectivity index (χ1) is 18.0. The standard InChI is InChI=1S/C32H38N4O/c1-23(2)31(30-29(33-24(3)34-30)27-16-11-17-28(22-27)37-4)35-18-20-36(21-19-35)32(25-12-7-5-8-13-25)26-14-9-6-10-15-26/h5-17,22-23,31-32H,18-21H2,1-4H3,(H,33,34). The molecular weight excluding hydrogens is 456 g/mol. The average Bonchev–Trinajstić information content (AvgIpc) is 3.31. The van der Waals surface area contributed by atoms with Gasteiger partial charge >= 0.3 is 0 Å². The van der Waals surface area contributed by atoms with Crippen molar-refractivity contribution >= 4 is 0 Å². The summed E-state index contributed by atoms with van der Waals surface area (Å²) < 4.78 is 5.50. The molecule has 1 aliphatic heterocycles. The normalized spacial score (nSPS) is 15.8. The van der Waals surface area contributed by atoms with E-state index in [1.165, 1.54) is 16.8 Å². The van der Waals surface area contributed by atoms with Crippen LogP contribution in [0.1, 0.15) is 48.6 Å². The monoisotopic (exact) mass is 494 g/mol. The summed E-state index contributed by atoms with van der Waals surface area (Å²) in [4.78, 5) is 13.8. The largest absolute Gasteiger partial charge is 0.497 e. The quantitative estimate of drug-likeness (QED) is 0.304. The minimum atomic E-state index is 0.261. The molecule has 37 heavy (non-hydrogen) atoms. The molecule has 5 heteroatoms. The second kappa shape index (κ2) is 11.3. The first-order valence-electron chi connectivity index (χ1n) is 13.3. The molecule has 5 rings (SSSR count). The smallest absolute Gasteiger partial charge is 0.119 e. The van der Waals surface area contributed by atoms with Gasteiger partial charge in [0, 0.05) is 31.7 Å². The zero-order chi connectivity index (χ0) is 25.8. The highest BCUT2D eigenvalue weighted by Crippen LogP contribution is 2.37. The highest BCUT2D eigenvalue weighted by molar-refractivity contribution is 5.64. The lowest BCUT2D eigenvalue weighted by atomic mass is 9.93. The third-order valence-corrected chi connectivity index (χ3v) is 7.46. The summed E-state index contributed by atoms with van der Waals surface area (Å²) in [5.74, 6) is 2.24. The summed E-state index contributed by atoms with van der Waals surface area (Å²) in [6, 6.07) is 30.6. The number of methoxy groups -OCH3 is 1. The second-order valence-corrected chi connectivity index (χ2v) is 10.3. The fourth-order valence-electron chi connectivity index (χ4n) is 5.81. The summed E-state index contributed by atoms with van der Waals surface area (Å²) in [5, 5.41) is 0. The van der Waals surface area contributed by atoms with Crippen LogP contribution in [0.3, 0.4) is 0 Å². The number of aryl methyl sites for hydroxylation is 1. The Bertz CT molecular complexity index is 1240. The van der Waals surface area contributed by atoms with Crippen molar-refractivity contribution in [2.75, 3.05) is 33.3 Å². The van der Waals surface area contributed by atoms with Gasteiger partial charge < -0.3 is 9.72 Å². The maximum Gasteiger partial charge on any atom is 0.119 e.